The minimum Gasteiger partial charge on any atom is -0.507 e. The van der Waals surface area contributed by atoms with Crippen LogP contribution in [0.4, 0.5) is 0 Å². The molecule has 0 aliphatic rings. The van der Waals surface area contributed by atoms with E-state index in [0.29, 0.717) is 17.9 Å². The van der Waals surface area contributed by atoms with E-state index in [4.69, 9.17) is 4.74 Å². The summed E-state index contributed by atoms with van der Waals surface area (Å²) in [4.78, 5) is 4.55. The molecule has 0 radical (unpaired) electrons. The molecule has 0 aliphatic carbocycles. The van der Waals surface area contributed by atoms with Crippen molar-refractivity contribution in [1.82, 2.24) is 9.55 Å². The van der Waals surface area contributed by atoms with Crippen LogP contribution in [-0.4, -0.2) is 26.9 Å². The van der Waals surface area contributed by atoms with Gasteiger partial charge in [0.25, 0.3) is 0 Å². The van der Waals surface area contributed by atoms with Crippen molar-refractivity contribution in [2.75, 3.05) is 7.11 Å². The number of hydrogen-bond acceptors (Lipinski definition) is 4. The third-order valence-corrected chi connectivity index (χ3v) is 3.52. The van der Waals surface area contributed by atoms with Crippen LogP contribution in [0.15, 0.2) is 36.4 Å². The Morgan fingerprint density at radius 3 is 2.48 bits per heavy atom. The van der Waals surface area contributed by atoms with Gasteiger partial charge in [0.1, 0.15) is 28.6 Å². The molecule has 3 rings (SSSR count). The number of nitrogens with zero attached hydrogens (tertiary/aromatic N) is 2. The van der Waals surface area contributed by atoms with Gasteiger partial charge in [-0.05, 0) is 31.2 Å². The lowest BCUT2D eigenvalue weighted by Gasteiger charge is -2.09. The third kappa shape index (κ3) is 2.07. The largest absolute Gasteiger partial charge is 0.507 e. The fourth-order valence-electron chi connectivity index (χ4n) is 2.50. The number of methoxy groups -OCH3 is 1. The molecule has 3 aromatic rings. The Kier molecular flexibility index (Phi) is 3.17. The highest BCUT2D eigenvalue weighted by Crippen LogP contribution is 2.38. The molecule has 0 atom stereocenters. The molecule has 0 bridgehead atoms. The Balaban J connectivity index is 2.32. The number of imidazole rings is 1. The number of aromatic nitrogens is 2. The average Bonchev–Trinajstić information content (AvgIpc) is 2.84. The molecule has 0 spiro atoms. The van der Waals surface area contributed by atoms with Crippen LogP contribution in [0.5, 0.6) is 17.2 Å². The number of aryl methyl sites for hydroxylation is 1. The van der Waals surface area contributed by atoms with Crippen LogP contribution in [0.1, 0.15) is 6.92 Å². The van der Waals surface area contributed by atoms with Gasteiger partial charge in [-0.2, -0.15) is 0 Å². The zero-order valence-corrected chi connectivity index (χ0v) is 11.9. The van der Waals surface area contributed by atoms with E-state index in [2.05, 4.69) is 4.98 Å². The standard InChI is InChI=1S/C16H16N2O3/c1-3-18-12-8-7-10(21-2)9-11(12)17-16(18)15-13(19)5-4-6-14(15)20/h4-9,19-20H,3H2,1-2H3. The molecule has 0 fully saturated rings. The number of benzene rings is 2. The quantitative estimate of drug-likeness (QED) is 0.775. The molecule has 108 valence electrons. The summed E-state index contributed by atoms with van der Waals surface area (Å²) in [6, 6.07) is 10.3. The molecule has 21 heavy (non-hydrogen) atoms. The molecule has 0 unspecified atom stereocenters. The first-order chi connectivity index (χ1) is 10.2. The number of phenolic OH excluding ortho intramolecular Hbond substituents is 2. The summed E-state index contributed by atoms with van der Waals surface area (Å²) in [5, 5.41) is 20.1. The second kappa shape index (κ2) is 5.01. The van der Waals surface area contributed by atoms with Crippen molar-refractivity contribution in [3.63, 3.8) is 0 Å². The van der Waals surface area contributed by atoms with E-state index in [1.807, 2.05) is 29.7 Å². The number of hydrogen-bond donors (Lipinski definition) is 2. The van der Waals surface area contributed by atoms with Gasteiger partial charge < -0.3 is 19.5 Å². The molecule has 1 heterocycles. The SMILES string of the molecule is CCn1c(-c2c(O)cccc2O)nc2cc(OC)ccc21. The number of phenols is 2. The molecule has 0 aliphatic heterocycles. The number of ether oxygens (including phenoxy) is 1. The molecule has 0 saturated heterocycles. The van der Waals surface area contributed by atoms with Gasteiger partial charge in [-0.1, -0.05) is 6.07 Å². The maximum absolute atomic E-state index is 10.1. The first-order valence-corrected chi connectivity index (χ1v) is 6.71. The fourth-order valence-corrected chi connectivity index (χ4v) is 2.50. The smallest absolute Gasteiger partial charge is 0.148 e. The monoisotopic (exact) mass is 284 g/mol. The summed E-state index contributed by atoms with van der Waals surface area (Å²) in [6.07, 6.45) is 0. The number of aromatic hydroxyl groups is 2. The van der Waals surface area contributed by atoms with E-state index in [9.17, 15) is 10.2 Å². The van der Waals surface area contributed by atoms with E-state index in [1.54, 1.807) is 13.2 Å². The van der Waals surface area contributed by atoms with Crippen LogP contribution in [0, 0.1) is 0 Å². The summed E-state index contributed by atoms with van der Waals surface area (Å²) in [5.74, 6) is 1.27. The summed E-state index contributed by atoms with van der Waals surface area (Å²) in [6.45, 7) is 2.66. The zero-order chi connectivity index (χ0) is 15.0. The van der Waals surface area contributed by atoms with Gasteiger partial charge in [0.05, 0.1) is 18.1 Å². The van der Waals surface area contributed by atoms with Gasteiger partial charge >= 0.3 is 0 Å². The molecule has 5 heteroatoms. The van der Waals surface area contributed by atoms with E-state index < -0.39 is 0 Å². The molecule has 2 N–H and O–H groups in total. The highest BCUT2D eigenvalue weighted by atomic mass is 16.5. The molecule has 2 aromatic carbocycles. The van der Waals surface area contributed by atoms with E-state index in [0.717, 1.165) is 16.8 Å². The lowest BCUT2D eigenvalue weighted by Crippen LogP contribution is -1.98. The van der Waals surface area contributed by atoms with Crippen LogP contribution in [-0.2, 0) is 6.54 Å². The second-order valence-corrected chi connectivity index (χ2v) is 4.71. The normalized spacial score (nSPS) is 11.0. The van der Waals surface area contributed by atoms with Crippen LogP contribution < -0.4 is 4.74 Å². The van der Waals surface area contributed by atoms with Gasteiger partial charge in [0.2, 0.25) is 0 Å². The lowest BCUT2D eigenvalue weighted by atomic mass is 10.1. The Morgan fingerprint density at radius 1 is 1.14 bits per heavy atom. The first kappa shape index (κ1) is 13.3. The van der Waals surface area contributed by atoms with Crippen LogP contribution in [0.3, 0.4) is 0 Å². The number of fused-ring (bicyclic) bond motifs is 1. The summed E-state index contributed by atoms with van der Waals surface area (Å²) in [7, 11) is 1.60. The summed E-state index contributed by atoms with van der Waals surface area (Å²) < 4.78 is 7.16. The maximum Gasteiger partial charge on any atom is 0.148 e. The topological polar surface area (TPSA) is 67.5 Å². The van der Waals surface area contributed by atoms with E-state index in [1.165, 1.54) is 12.1 Å². The predicted octanol–water partition coefficient (Wildman–Crippen LogP) is 3.14. The van der Waals surface area contributed by atoms with Crippen molar-refractivity contribution in [1.29, 1.82) is 0 Å². The maximum atomic E-state index is 10.1. The first-order valence-electron chi connectivity index (χ1n) is 6.71. The van der Waals surface area contributed by atoms with Crippen LogP contribution in [0.25, 0.3) is 22.4 Å². The van der Waals surface area contributed by atoms with Gasteiger partial charge in [0.15, 0.2) is 0 Å². The Morgan fingerprint density at radius 2 is 1.86 bits per heavy atom. The van der Waals surface area contributed by atoms with Crippen molar-refractivity contribution in [3.05, 3.63) is 36.4 Å². The minimum atomic E-state index is 0.00645. The lowest BCUT2D eigenvalue weighted by molar-refractivity contribution is 0.415. The highest BCUT2D eigenvalue weighted by Gasteiger charge is 2.18. The average molecular weight is 284 g/mol. The fraction of sp³-hybridized carbons (Fsp3) is 0.188. The Hall–Kier alpha value is -2.69. The van der Waals surface area contributed by atoms with Gasteiger partial charge in [-0.25, -0.2) is 4.98 Å². The van der Waals surface area contributed by atoms with E-state index >= 15 is 0 Å². The van der Waals surface area contributed by atoms with Crippen molar-refractivity contribution < 1.29 is 14.9 Å². The van der Waals surface area contributed by atoms with Crippen LogP contribution in [0.2, 0.25) is 0 Å². The molecule has 1 aromatic heterocycles. The van der Waals surface area contributed by atoms with Gasteiger partial charge in [-0.15, -0.1) is 0 Å². The number of rotatable bonds is 3. The molecular weight excluding hydrogens is 268 g/mol. The predicted molar refractivity (Wildman–Crippen MR) is 80.7 cm³/mol. The molecule has 5 nitrogen and oxygen atoms in total. The Labute approximate surface area is 122 Å². The van der Waals surface area contributed by atoms with Crippen molar-refractivity contribution in [2.45, 2.75) is 13.5 Å². The van der Waals surface area contributed by atoms with Crippen molar-refractivity contribution in [2.24, 2.45) is 0 Å². The summed E-state index contributed by atoms with van der Waals surface area (Å²) in [5.41, 5.74) is 2.03. The van der Waals surface area contributed by atoms with Gasteiger partial charge in [0, 0.05) is 12.6 Å². The van der Waals surface area contributed by atoms with Gasteiger partial charge in [-0.3, -0.25) is 0 Å². The highest BCUT2D eigenvalue weighted by molar-refractivity contribution is 5.84. The van der Waals surface area contributed by atoms with Crippen molar-refractivity contribution in [3.8, 4) is 28.6 Å². The van der Waals surface area contributed by atoms with Crippen LogP contribution >= 0.6 is 0 Å². The Bertz CT molecular complexity index is 788. The summed E-state index contributed by atoms with van der Waals surface area (Å²) >= 11 is 0. The van der Waals surface area contributed by atoms with E-state index in [-0.39, 0.29) is 11.5 Å². The molecule has 0 amide bonds. The molecule has 0 saturated carbocycles. The minimum absolute atomic E-state index is 0.00645. The second-order valence-electron chi connectivity index (χ2n) is 4.71. The zero-order valence-electron chi connectivity index (χ0n) is 11.9. The molecular formula is C16H16N2O3. The van der Waals surface area contributed by atoms with Crippen molar-refractivity contribution >= 4 is 11.0 Å². The third-order valence-electron chi connectivity index (χ3n) is 3.52.